The fraction of sp³-hybridized carbons (Fsp3) is 0.357. The van der Waals surface area contributed by atoms with Crippen molar-refractivity contribution in [1.82, 2.24) is 9.55 Å². The second-order valence-corrected chi connectivity index (χ2v) is 5.39. The summed E-state index contributed by atoms with van der Waals surface area (Å²) in [4.78, 5) is 4.42. The first-order chi connectivity index (χ1) is 8.00. The molecule has 0 fully saturated rings. The summed E-state index contributed by atoms with van der Waals surface area (Å²) in [6.45, 7) is 6.43. The van der Waals surface area contributed by atoms with Gasteiger partial charge < -0.3 is 4.57 Å². The molecule has 2 rings (SSSR count). The number of nitrogens with zero attached hydrogens (tertiary/aromatic N) is 2. The number of aromatic nitrogens is 2. The number of rotatable bonds is 2. The van der Waals surface area contributed by atoms with Crippen LogP contribution in [0, 0.1) is 6.92 Å². The summed E-state index contributed by atoms with van der Waals surface area (Å²) < 4.78 is 3.02. The van der Waals surface area contributed by atoms with E-state index in [1.165, 1.54) is 11.1 Å². The number of aryl methyl sites for hydroxylation is 1. The van der Waals surface area contributed by atoms with Crippen molar-refractivity contribution < 1.29 is 0 Å². The van der Waals surface area contributed by atoms with Crippen LogP contribution >= 0.6 is 15.9 Å². The zero-order valence-electron chi connectivity index (χ0n) is 10.7. The van der Waals surface area contributed by atoms with E-state index in [0.717, 1.165) is 16.1 Å². The predicted molar refractivity (Wildman–Crippen MR) is 75.2 cm³/mol. The lowest BCUT2D eigenvalue weighted by molar-refractivity contribution is 0.860. The lowest BCUT2D eigenvalue weighted by atomic mass is 10.0. The molecular formula is C14H17BrN2. The molecule has 1 aromatic heterocycles. The quantitative estimate of drug-likeness (QED) is 0.808. The highest BCUT2D eigenvalue weighted by atomic mass is 79.9. The fourth-order valence-corrected chi connectivity index (χ4v) is 2.66. The molecule has 0 saturated carbocycles. The second-order valence-electron chi connectivity index (χ2n) is 4.63. The third-order valence-electron chi connectivity index (χ3n) is 3.13. The van der Waals surface area contributed by atoms with Crippen LogP contribution in [0.2, 0.25) is 0 Å². The van der Waals surface area contributed by atoms with E-state index < -0.39 is 0 Å². The zero-order chi connectivity index (χ0) is 12.6. The molecule has 2 nitrogen and oxygen atoms in total. The smallest absolute Gasteiger partial charge is 0.132 e. The van der Waals surface area contributed by atoms with Crippen molar-refractivity contribution in [2.45, 2.75) is 26.7 Å². The molecular weight excluding hydrogens is 276 g/mol. The molecule has 0 aliphatic carbocycles. The summed E-state index contributed by atoms with van der Waals surface area (Å²) in [5.41, 5.74) is 3.70. The average Bonchev–Trinajstić information content (AvgIpc) is 2.53. The largest absolute Gasteiger partial charge is 0.330 e. The number of benzene rings is 1. The van der Waals surface area contributed by atoms with Crippen LogP contribution in [0.5, 0.6) is 0 Å². The normalized spacial score (nSPS) is 11.2. The van der Waals surface area contributed by atoms with Gasteiger partial charge >= 0.3 is 0 Å². The van der Waals surface area contributed by atoms with Gasteiger partial charge in [-0.1, -0.05) is 38.1 Å². The lowest BCUT2D eigenvalue weighted by Crippen LogP contribution is -1.95. The summed E-state index contributed by atoms with van der Waals surface area (Å²) in [6.07, 6.45) is 0. The van der Waals surface area contributed by atoms with Gasteiger partial charge in [-0.25, -0.2) is 4.98 Å². The van der Waals surface area contributed by atoms with Crippen LogP contribution in [0.25, 0.3) is 11.3 Å². The Kier molecular flexibility index (Phi) is 3.38. The van der Waals surface area contributed by atoms with Crippen molar-refractivity contribution in [3.05, 3.63) is 40.3 Å². The summed E-state index contributed by atoms with van der Waals surface area (Å²) in [5.74, 6) is 1.58. The van der Waals surface area contributed by atoms with Crippen LogP contribution in [-0.2, 0) is 7.05 Å². The van der Waals surface area contributed by atoms with Crippen LogP contribution in [0.3, 0.4) is 0 Å². The van der Waals surface area contributed by atoms with Gasteiger partial charge in [0.25, 0.3) is 0 Å². The van der Waals surface area contributed by atoms with E-state index in [1.54, 1.807) is 0 Å². The van der Waals surface area contributed by atoms with Crippen LogP contribution in [0.1, 0.15) is 31.2 Å². The van der Waals surface area contributed by atoms with Gasteiger partial charge in [-0.15, -0.1) is 0 Å². The van der Waals surface area contributed by atoms with E-state index in [2.05, 4.69) is 63.6 Å². The first-order valence-corrected chi connectivity index (χ1v) is 6.59. The Morgan fingerprint density at radius 2 is 1.76 bits per heavy atom. The monoisotopic (exact) mass is 292 g/mol. The first-order valence-electron chi connectivity index (χ1n) is 5.80. The van der Waals surface area contributed by atoms with Crippen LogP contribution in [-0.4, -0.2) is 9.55 Å². The van der Waals surface area contributed by atoms with Crippen molar-refractivity contribution in [2.75, 3.05) is 0 Å². The predicted octanol–water partition coefficient (Wildman–Crippen LogP) is 4.28. The van der Waals surface area contributed by atoms with E-state index in [9.17, 15) is 0 Å². The molecule has 0 unspecified atom stereocenters. The van der Waals surface area contributed by atoms with E-state index in [1.807, 2.05) is 14.0 Å². The molecule has 1 heterocycles. The van der Waals surface area contributed by atoms with E-state index in [0.29, 0.717) is 5.92 Å². The number of hydrogen-bond acceptors (Lipinski definition) is 1. The van der Waals surface area contributed by atoms with Crippen LogP contribution in [0.4, 0.5) is 0 Å². The minimum atomic E-state index is 0.570. The molecule has 0 atom stereocenters. The zero-order valence-corrected chi connectivity index (χ0v) is 12.2. The molecule has 17 heavy (non-hydrogen) atoms. The topological polar surface area (TPSA) is 17.8 Å². The van der Waals surface area contributed by atoms with Crippen molar-refractivity contribution in [3.63, 3.8) is 0 Å². The Balaban J connectivity index is 2.47. The number of imidazole rings is 1. The van der Waals surface area contributed by atoms with Gasteiger partial charge in [0.2, 0.25) is 0 Å². The van der Waals surface area contributed by atoms with Gasteiger partial charge in [-0.2, -0.15) is 0 Å². The molecule has 0 N–H and O–H groups in total. The van der Waals surface area contributed by atoms with E-state index in [4.69, 9.17) is 0 Å². The third kappa shape index (κ3) is 2.29. The molecule has 0 saturated heterocycles. The van der Waals surface area contributed by atoms with Crippen molar-refractivity contribution >= 4 is 15.9 Å². The lowest BCUT2D eigenvalue weighted by Gasteiger charge is -2.08. The Labute approximate surface area is 111 Å². The summed E-state index contributed by atoms with van der Waals surface area (Å²) in [7, 11) is 2.04. The highest BCUT2D eigenvalue weighted by Gasteiger charge is 2.12. The molecule has 90 valence electrons. The molecule has 1 aromatic carbocycles. The van der Waals surface area contributed by atoms with Gasteiger partial charge in [0.15, 0.2) is 0 Å². The highest BCUT2D eigenvalue weighted by molar-refractivity contribution is 9.10. The molecule has 2 aromatic rings. The number of halogens is 1. The fourth-order valence-electron chi connectivity index (χ4n) is 1.91. The minimum absolute atomic E-state index is 0.570. The van der Waals surface area contributed by atoms with E-state index in [-0.39, 0.29) is 0 Å². The van der Waals surface area contributed by atoms with Gasteiger partial charge in [0, 0.05) is 12.6 Å². The maximum Gasteiger partial charge on any atom is 0.132 e. The van der Waals surface area contributed by atoms with Gasteiger partial charge in [0.05, 0.1) is 5.69 Å². The van der Waals surface area contributed by atoms with Crippen molar-refractivity contribution in [2.24, 2.45) is 7.05 Å². The van der Waals surface area contributed by atoms with Crippen molar-refractivity contribution in [1.29, 1.82) is 0 Å². The SMILES string of the molecule is Cc1nc(Br)c(-c2ccc(C(C)C)cc2)n1C. The summed E-state index contributed by atoms with van der Waals surface area (Å²) >= 11 is 3.52. The second kappa shape index (κ2) is 4.65. The van der Waals surface area contributed by atoms with Gasteiger partial charge in [0.1, 0.15) is 10.4 Å². The molecule has 3 heteroatoms. The Morgan fingerprint density at radius 1 is 1.18 bits per heavy atom. The maximum absolute atomic E-state index is 4.42. The molecule has 0 amide bonds. The maximum atomic E-state index is 4.42. The van der Waals surface area contributed by atoms with E-state index >= 15 is 0 Å². The molecule has 0 aliphatic heterocycles. The summed E-state index contributed by atoms with van der Waals surface area (Å²) in [6, 6.07) is 8.70. The van der Waals surface area contributed by atoms with Crippen molar-refractivity contribution in [3.8, 4) is 11.3 Å². The first kappa shape index (κ1) is 12.4. The number of hydrogen-bond donors (Lipinski definition) is 0. The Hall–Kier alpha value is -1.09. The highest BCUT2D eigenvalue weighted by Crippen LogP contribution is 2.29. The van der Waals surface area contributed by atoms with Crippen LogP contribution < -0.4 is 0 Å². The Morgan fingerprint density at radius 3 is 2.18 bits per heavy atom. The minimum Gasteiger partial charge on any atom is -0.330 e. The molecule has 0 aliphatic rings. The standard InChI is InChI=1S/C14H17BrN2/c1-9(2)11-5-7-12(8-6-11)13-14(15)16-10(3)17(13)4/h5-9H,1-4H3. The third-order valence-corrected chi connectivity index (χ3v) is 3.68. The molecule has 0 radical (unpaired) electrons. The molecule has 0 bridgehead atoms. The van der Waals surface area contributed by atoms with Gasteiger partial charge in [-0.3, -0.25) is 0 Å². The average molecular weight is 293 g/mol. The van der Waals surface area contributed by atoms with Gasteiger partial charge in [-0.05, 0) is 34.3 Å². The Bertz CT molecular complexity index is 524. The van der Waals surface area contributed by atoms with Crippen LogP contribution in [0.15, 0.2) is 28.9 Å². The molecule has 0 spiro atoms. The summed E-state index contributed by atoms with van der Waals surface area (Å²) in [5, 5.41) is 0.